The van der Waals surface area contributed by atoms with Gasteiger partial charge in [0.2, 0.25) is 12.2 Å². The molecular formula is C23H30BNO6. The Hall–Kier alpha value is -2.06. The number of hydrogen-bond donors (Lipinski definition) is 1. The van der Waals surface area contributed by atoms with E-state index in [9.17, 15) is 9.59 Å². The highest BCUT2D eigenvalue weighted by Gasteiger charge is 2.68. The average molecular weight is 427 g/mol. The lowest BCUT2D eigenvalue weighted by Crippen LogP contribution is -2.65. The topological polar surface area (TPSA) is 83.1 Å². The fourth-order valence-electron chi connectivity index (χ4n) is 6.20. The highest BCUT2D eigenvalue weighted by atomic mass is 16.7. The number of benzene rings is 1. The van der Waals surface area contributed by atoms with Crippen LogP contribution in [0.15, 0.2) is 18.2 Å². The molecule has 4 fully saturated rings. The van der Waals surface area contributed by atoms with Crippen molar-refractivity contribution < 1.29 is 28.4 Å². The third-order valence-electron chi connectivity index (χ3n) is 8.02. The van der Waals surface area contributed by atoms with Gasteiger partial charge in [0, 0.05) is 13.8 Å². The van der Waals surface area contributed by atoms with Crippen LogP contribution in [0.1, 0.15) is 63.4 Å². The Balaban J connectivity index is 1.41. The first-order valence-electron chi connectivity index (χ1n) is 11.1. The van der Waals surface area contributed by atoms with Gasteiger partial charge in [0.25, 0.3) is 0 Å². The van der Waals surface area contributed by atoms with E-state index >= 15 is 0 Å². The van der Waals surface area contributed by atoms with Crippen LogP contribution in [0.5, 0.6) is 5.75 Å². The van der Waals surface area contributed by atoms with E-state index in [1.54, 1.807) is 26.0 Å². The van der Waals surface area contributed by atoms with E-state index in [0.29, 0.717) is 36.0 Å². The summed E-state index contributed by atoms with van der Waals surface area (Å²) in [6, 6.07) is 5.38. The monoisotopic (exact) mass is 427 g/mol. The van der Waals surface area contributed by atoms with E-state index in [4.69, 9.17) is 18.8 Å². The van der Waals surface area contributed by atoms with Gasteiger partial charge in [0.1, 0.15) is 11.3 Å². The summed E-state index contributed by atoms with van der Waals surface area (Å²) in [6.45, 7) is 10.2. The highest BCUT2D eigenvalue weighted by molar-refractivity contribution is 6.47. The van der Waals surface area contributed by atoms with Crippen molar-refractivity contribution in [3.8, 4) is 5.75 Å². The zero-order valence-corrected chi connectivity index (χ0v) is 18.8. The minimum absolute atomic E-state index is 0.0278. The summed E-state index contributed by atoms with van der Waals surface area (Å²) in [5.74, 6) is -0.291. The Kier molecular flexibility index (Phi) is 4.51. The van der Waals surface area contributed by atoms with E-state index in [2.05, 4.69) is 26.1 Å². The van der Waals surface area contributed by atoms with Crippen LogP contribution in [0.3, 0.4) is 0 Å². The molecule has 3 aliphatic carbocycles. The third kappa shape index (κ3) is 3.10. The van der Waals surface area contributed by atoms with Crippen molar-refractivity contribution in [3.05, 3.63) is 29.3 Å². The summed E-state index contributed by atoms with van der Waals surface area (Å²) in [4.78, 5) is 23.9. The average Bonchev–Trinajstić information content (AvgIpc) is 3.04. The zero-order chi connectivity index (χ0) is 22.2. The van der Waals surface area contributed by atoms with Crippen LogP contribution in [0.4, 0.5) is 0 Å². The van der Waals surface area contributed by atoms with Crippen molar-refractivity contribution in [2.45, 2.75) is 77.3 Å². The van der Waals surface area contributed by atoms with Gasteiger partial charge in [0.15, 0.2) is 0 Å². The maximum atomic E-state index is 12.4. The lowest BCUT2D eigenvalue weighted by atomic mass is 9.43. The first-order chi connectivity index (χ1) is 14.5. The Bertz CT molecular complexity index is 933. The van der Waals surface area contributed by atoms with Crippen LogP contribution in [0.2, 0.25) is 0 Å². The smallest absolute Gasteiger partial charge is 0.452 e. The molecule has 3 saturated carbocycles. The molecule has 1 amide bonds. The molecule has 0 spiro atoms. The molecule has 2 bridgehead atoms. The van der Waals surface area contributed by atoms with Crippen molar-refractivity contribution in [3.63, 3.8) is 0 Å². The second kappa shape index (κ2) is 6.72. The number of esters is 1. The molecule has 6 rings (SSSR count). The van der Waals surface area contributed by atoms with Crippen LogP contribution < -0.4 is 10.1 Å². The molecule has 0 aromatic heterocycles. The fraction of sp³-hybridized carbons (Fsp3) is 0.652. The van der Waals surface area contributed by atoms with Crippen molar-refractivity contribution in [2.24, 2.45) is 17.3 Å². The summed E-state index contributed by atoms with van der Waals surface area (Å²) < 4.78 is 24.3. The van der Waals surface area contributed by atoms with Gasteiger partial charge in [-0.1, -0.05) is 26.0 Å². The van der Waals surface area contributed by atoms with E-state index in [1.165, 1.54) is 6.42 Å². The standard InChI is InChI=1S/C23H30BNO6/c1-21(2)14-10-16(21)23(5)17(11-14)30-24(31-23)18(25-12-26)9-13-7-6-8-15-19(13)28-22(3,4)29-20(15)27/h6-8,12,14,16-18H,9-11H2,1-5H3,(H,25,26)/t14-,16-,17?,18-,23?/m0/s1. The summed E-state index contributed by atoms with van der Waals surface area (Å²) in [6.07, 6.45) is 3.27. The van der Waals surface area contributed by atoms with Gasteiger partial charge < -0.3 is 24.1 Å². The van der Waals surface area contributed by atoms with Gasteiger partial charge in [-0.3, -0.25) is 4.79 Å². The molecule has 7 nitrogen and oxygen atoms in total. The van der Waals surface area contributed by atoms with Gasteiger partial charge in [0.05, 0.1) is 17.6 Å². The molecule has 2 heterocycles. The van der Waals surface area contributed by atoms with Crippen LogP contribution in [-0.4, -0.2) is 42.9 Å². The molecule has 31 heavy (non-hydrogen) atoms. The Morgan fingerprint density at radius 2 is 1.97 bits per heavy atom. The second-order valence-electron chi connectivity index (χ2n) is 10.6. The molecule has 1 N–H and O–H groups in total. The molecule has 0 radical (unpaired) electrons. The number of carbonyl (C=O) groups excluding carboxylic acids is 2. The van der Waals surface area contributed by atoms with Crippen molar-refractivity contribution >= 4 is 19.5 Å². The Morgan fingerprint density at radius 1 is 1.19 bits per heavy atom. The van der Waals surface area contributed by atoms with Gasteiger partial charge >= 0.3 is 13.1 Å². The van der Waals surface area contributed by atoms with E-state index in [-0.39, 0.29) is 17.1 Å². The molecular weight excluding hydrogens is 397 g/mol. The number of para-hydroxylation sites is 1. The Morgan fingerprint density at radius 3 is 2.68 bits per heavy atom. The Labute approximate surface area is 183 Å². The number of cyclic esters (lactones) is 1. The molecule has 1 saturated heterocycles. The third-order valence-corrected chi connectivity index (χ3v) is 8.02. The minimum Gasteiger partial charge on any atom is -0.452 e. The minimum atomic E-state index is -1.05. The van der Waals surface area contributed by atoms with Crippen LogP contribution >= 0.6 is 0 Å². The number of carbonyl (C=O) groups is 2. The largest absolute Gasteiger partial charge is 0.482 e. The van der Waals surface area contributed by atoms with Crippen molar-refractivity contribution in [2.75, 3.05) is 0 Å². The van der Waals surface area contributed by atoms with Crippen molar-refractivity contribution in [1.82, 2.24) is 5.32 Å². The molecule has 166 valence electrons. The summed E-state index contributed by atoms with van der Waals surface area (Å²) in [5, 5.41) is 2.89. The van der Waals surface area contributed by atoms with Gasteiger partial charge in [-0.25, -0.2) is 4.79 Å². The van der Waals surface area contributed by atoms with Crippen LogP contribution in [0.25, 0.3) is 0 Å². The highest BCUT2D eigenvalue weighted by Crippen LogP contribution is 2.65. The maximum absolute atomic E-state index is 12.4. The number of rotatable bonds is 5. The maximum Gasteiger partial charge on any atom is 0.482 e. The van der Waals surface area contributed by atoms with Crippen molar-refractivity contribution in [1.29, 1.82) is 0 Å². The first kappa shape index (κ1) is 20.8. The summed E-state index contributed by atoms with van der Waals surface area (Å²) >= 11 is 0. The predicted octanol–water partition coefficient (Wildman–Crippen LogP) is 2.90. The summed E-state index contributed by atoms with van der Waals surface area (Å²) in [5.41, 5.74) is 1.08. The molecule has 5 atom stereocenters. The van der Waals surface area contributed by atoms with Gasteiger partial charge in [-0.05, 0) is 55.1 Å². The quantitative estimate of drug-likeness (QED) is 0.442. The molecule has 1 aromatic rings. The SMILES string of the molecule is CC1(C)OC(=O)c2cccc(C[C@H](NC=O)B3OC4C[C@@H]5C[C@H](C4(C)O3)C5(C)C)c2O1. The van der Waals surface area contributed by atoms with E-state index in [0.717, 1.165) is 12.0 Å². The first-order valence-corrected chi connectivity index (χ1v) is 11.1. The van der Waals surface area contributed by atoms with Gasteiger partial charge in [-0.2, -0.15) is 0 Å². The van der Waals surface area contributed by atoms with E-state index < -0.39 is 24.8 Å². The summed E-state index contributed by atoms with van der Waals surface area (Å²) in [7, 11) is -0.560. The molecule has 8 heteroatoms. The van der Waals surface area contributed by atoms with E-state index in [1.807, 2.05) is 6.07 Å². The number of hydrogen-bond acceptors (Lipinski definition) is 6. The second-order valence-corrected chi connectivity index (χ2v) is 10.6. The molecule has 2 unspecified atom stereocenters. The van der Waals surface area contributed by atoms with Gasteiger partial charge in [-0.15, -0.1) is 0 Å². The zero-order valence-electron chi connectivity index (χ0n) is 18.8. The molecule has 1 aromatic carbocycles. The van der Waals surface area contributed by atoms with Crippen LogP contribution in [0, 0.1) is 17.3 Å². The van der Waals surface area contributed by atoms with Crippen LogP contribution in [-0.2, 0) is 25.3 Å². The molecule has 2 aliphatic heterocycles. The molecule has 5 aliphatic rings. The predicted molar refractivity (Wildman–Crippen MR) is 113 cm³/mol. The lowest BCUT2D eigenvalue weighted by molar-refractivity contribution is -0.199. The lowest BCUT2D eigenvalue weighted by Gasteiger charge is -2.64. The number of fused-ring (bicyclic) bond motifs is 1. The number of ether oxygens (including phenoxy) is 2. The number of nitrogens with one attached hydrogen (secondary N) is 1. The normalized spacial score (nSPS) is 35.1. The number of amides is 1. The fourth-order valence-corrected chi connectivity index (χ4v) is 6.20.